The molecule has 2 N–H and O–H groups in total. The van der Waals surface area contributed by atoms with E-state index in [4.69, 9.17) is 24.7 Å². The van der Waals surface area contributed by atoms with Gasteiger partial charge in [0.1, 0.15) is 24.0 Å². The SMILES string of the molecule is COCCOc1ccc(C2C(C#N)=C(N)OC3=C2C(=O)CC(C)(C)C3)cc1OC. The molecule has 3 rings (SSSR count). The molecule has 154 valence electrons. The Hall–Kier alpha value is -2.98. The van der Waals surface area contributed by atoms with E-state index in [0.717, 1.165) is 5.56 Å². The van der Waals surface area contributed by atoms with E-state index in [-0.39, 0.29) is 22.7 Å². The molecule has 1 atom stereocenters. The molecule has 29 heavy (non-hydrogen) atoms. The molecule has 0 aromatic heterocycles. The number of rotatable bonds is 6. The van der Waals surface area contributed by atoms with Crippen molar-refractivity contribution in [2.45, 2.75) is 32.6 Å². The molecule has 0 saturated carbocycles. The molecule has 1 unspecified atom stereocenters. The summed E-state index contributed by atoms with van der Waals surface area (Å²) >= 11 is 0. The van der Waals surface area contributed by atoms with Crippen LogP contribution < -0.4 is 15.2 Å². The lowest BCUT2D eigenvalue weighted by molar-refractivity contribution is -0.119. The molecule has 0 saturated heterocycles. The number of benzene rings is 1. The third-order valence-corrected chi connectivity index (χ3v) is 5.14. The fourth-order valence-electron chi connectivity index (χ4n) is 3.84. The third-order valence-electron chi connectivity index (χ3n) is 5.14. The number of allylic oxidation sites excluding steroid dienone is 3. The zero-order chi connectivity index (χ0) is 21.2. The molecule has 2 aliphatic rings. The van der Waals surface area contributed by atoms with Gasteiger partial charge in [0.15, 0.2) is 17.3 Å². The summed E-state index contributed by atoms with van der Waals surface area (Å²) in [6.07, 6.45) is 0.971. The summed E-state index contributed by atoms with van der Waals surface area (Å²) in [5.41, 5.74) is 7.30. The summed E-state index contributed by atoms with van der Waals surface area (Å²) in [6, 6.07) is 7.49. The summed E-state index contributed by atoms with van der Waals surface area (Å²) in [5.74, 6) is 1.04. The van der Waals surface area contributed by atoms with Crippen LogP contribution in [0.4, 0.5) is 0 Å². The van der Waals surface area contributed by atoms with E-state index >= 15 is 0 Å². The van der Waals surface area contributed by atoms with E-state index in [1.165, 1.54) is 0 Å². The Morgan fingerprint density at radius 2 is 2.00 bits per heavy atom. The van der Waals surface area contributed by atoms with Crippen LogP contribution in [0, 0.1) is 16.7 Å². The Morgan fingerprint density at radius 3 is 2.66 bits per heavy atom. The summed E-state index contributed by atoms with van der Waals surface area (Å²) in [5, 5.41) is 9.73. The fourth-order valence-corrected chi connectivity index (χ4v) is 3.84. The Morgan fingerprint density at radius 1 is 1.24 bits per heavy atom. The van der Waals surface area contributed by atoms with Crippen molar-refractivity contribution in [3.8, 4) is 17.6 Å². The maximum absolute atomic E-state index is 13.0. The van der Waals surface area contributed by atoms with E-state index in [1.54, 1.807) is 26.4 Å². The number of nitrogens with two attached hydrogens (primary N) is 1. The van der Waals surface area contributed by atoms with E-state index in [2.05, 4.69) is 6.07 Å². The van der Waals surface area contributed by atoms with Crippen LogP contribution in [0.2, 0.25) is 0 Å². The topological polar surface area (TPSA) is 104 Å². The number of nitrogens with zero attached hydrogens (tertiary/aromatic N) is 1. The molecular weight excluding hydrogens is 372 g/mol. The number of ether oxygens (including phenoxy) is 4. The molecule has 7 heteroatoms. The monoisotopic (exact) mass is 398 g/mol. The summed E-state index contributed by atoms with van der Waals surface area (Å²) in [4.78, 5) is 13.0. The van der Waals surface area contributed by atoms with E-state index < -0.39 is 5.92 Å². The van der Waals surface area contributed by atoms with Crippen LogP contribution in [-0.2, 0) is 14.3 Å². The molecular formula is C22H26N2O5. The number of carbonyl (C=O) groups is 1. The smallest absolute Gasteiger partial charge is 0.205 e. The number of Topliss-reactive ketones (excluding diaryl/α,β-unsaturated/α-hetero) is 1. The van der Waals surface area contributed by atoms with Crippen LogP contribution in [0.15, 0.2) is 41.0 Å². The number of hydrogen-bond acceptors (Lipinski definition) is 7. The van der Waals surface area contributed by atoms with Gasteiger partial charge in [-0.15, -0.1) is 0 Å². The first-order valence-electron chi connectivity index (χ1n) is 9.45. The second-order valence-corrected chi connectivity index (χ2v) is 7.95. The molecule has 1 aromatic carbocycles. The normalized spacial score (nSPS) is 20.7. The predicted octanol–water partition coefficient (Wildman–Crippen LogP) is 3.17. The van der Waals surface area contributed by atoms with Crippen LogP contribution in [0.25, 0.3) is 0 Å². The highest BCUT2D eigenvalue weighted by Gasteiger charge is 2.43. The third kappa shape index (κ3) is 4.08. The molecule has 7 nitrogen and oxygen atoms in total. The molecule has 0 fully saturated rings. The molecule has 0 spiro atoms. The zero-order valence-corrected chi connectivity index (χ0v) is 17.2. The first-order valence-corrected chi connectivity index (χ1v) is 9.45. The molecule has 0 radical (unpaired) electrons. The Bertz CT molecular complexity index is 924. The Balaban J connectivity index is 2.06. The number of methoxy groups -OCH3 is 2. The molecule has 1 aliphatic heterocycles. The van der Waals surface area contributed by atoms with Gasteiger partial charge in [0.25, 0.3) is 0 Å². The van der Waals surface area contributed by atoms with Crippen molar-refractivity contribution in [3.05, 3.63) is 46.6 Å². The average molecular weight is 398 g/mol. The number of ketones is 1. The van der Waals surface area contributed by atoms with Gasteiger partial charge in [-0.25, -0.2) is 0 Å². The summed E-state index contributed by atoms with van der Waals surface area (Å²) < 4.78 is 21.9. The number of nitriles is 1. The van der Waals surface area contributed by atoms with Crippen LogP contribution in [0.1, 0.15) is 38.2 Å². The maximum atomic E-state index is 13.0. The van der Waals surface area contributed by atoms with Gasteiger partial charge in [-0.05, 0) is 23.1 Å². The molecule has 1 aliphatic carbocycles. The first kappa shape index (κ1) is 20.7. The second-order valence-electron chi connectivity index (χ2n) is 7.95. The minimum Gasteiger partial charge on any atom is -0.493 e. The summed E-state index contributed by atoms with van der Waals surface area (Å²) in [6.45, 7) is 4.86. The summed E-state index contributed by atoms with van der Waals surface area (Å²) in [7, 11) is 3.14. The maximum Gasteiger partial charge on any atom is 0.205 e. The molecule has 0 bridgehead atoms. The zero-order valence-electron chi connectivity index (χ0n) is 17.2. The quantitative estimate of drug-likeness (QED) is 0.734. The van der Waals surface area contributed by atoms with Crippen LogP contribution in [-0.4, -0.2) is 33.2 Å². The van der Waals surface area contributed by atoms with Crippen molar-refractivity contribution in [3.63, 3.8) is 0 Å². The lowest BCUT2D eigenvalue weighted by Crippen LogP contribution is -2.33. The fraction of sp³-hybridized carbons (Fsp3) is 0.455. The predicted molar refractivity (Wildman–Crippen MR) is 106 cm³/mol. The largest absolute Gasteiger partial charge is 0.493 e. The van der Waals surface area contributed by atoms with Crippen LogP contribution in [0.5, 0.6) is 11.5 Å². The van der Waals surface area contributed by atoms with Crippen LogP contribution in [0.3, 0.4) is 0 Å². The van der Waals surface area contributed by atoms with Gasteiger partial charge >= 0.3 is 0 Å². The van der Waals surface area contributed by atoms with Crippen LogP contribution >= 0.6 is 0 Å². The van der Waals surface area contributed by atoms with Crippen molar-refractivity contribution in [2.24, 2.45) is 11.1 Å². The van der Waals surface area contributed by atoms with E-state index in [9.17, 15) is 10.1 Å². The number of hydrogen-bond donors (Lipinski definition) is 1. The van der Waals surface area contributed by atoms with Gasteiger partial charge < -0.3 is 24.7 Å². The van der Waals surface area contributed by atoms with Gasteiger partial charge in [-0.1, -0.05) is 19.9 Å². The number of carbonyl (C=O) groups excluding carboxylic acids is 1. The molecule has 1 aromatic rings. The van der Waals surface area contributed by atoms with Crippen molar-refractivity contribution in [1.82, 2.24) is 0 Å². The lowest BCUT2D eigenvalue weighted by atomic mass is 9.70. The van der Waals surface area contributed by atoms with Gasteiger partial charge in [-0.2, -0.15) is 5.26 Å². The van der Waals surface area contributed by atoms with Crippen molar-refractivity contribution >= 4 is 5.78 Å². The van der Waals surface area contributed by atoms with Gasteiger partial charge in [0.05, 0.1) is 19.6 Å². The highest BCUT2D eigenvalue weighted by molar-refractivity contribution is 6.00. The van der Waals surface area contributed by atoms with Gasteiger partial charge in [0, 0.05) is 25.5 Å². The Kier molecular flexibility index (Phi) is 5.85. The molecule has 1 heterocycles. The van der Waals surface area contributed by atoms with Crippen molar-refractivity contribution in [1.29, 1.82) is 5.26 Å². The molecule has 0 amide bonds. The van der Waals surface area contributed by atoms with E-state index in [0.29, 0.717) is 48.9 Å². The average Bonchev–Trinajstić information content (AvgIpc) is 2.66. The first-order chi connectivity index (χ1) is 13.8. The van der Waals surface area contributed by atoms with Gasteiger partial charge in [-0.3, -0.25) is 4.79 Å². The second kappa shape index (κ2) is 8.18. The van der Waals surface area contributed by atoms with Gasteiger partial charge in [0.2, 0.25) is 5.88 Å². The minimum atomic E-state index is -0.589. The Labute approximate surface area is 170 Å². The van der Waals surface area contributed by atoms with Crippen molar-refractivity contribution < 1.29 is 23.7 Å². The van der Waals surface area contributed by atoms with Crippen molar-refractivity contribution in [2.75, 3.05) is 27.4 Å². The highest BCUT2D eigenvalue weighted by atomic mass is 16.5. The lowest BCUT2D eigenvalue weighted by Gasteiger charge is -2.37. The standard InChI is InChI=1S/C22H26N2O5/c1-22(2)10-15(25)20-18(11-22)29-21(24)14(12-23)19(20)13-5-6-16(17(9-13)27-4)28-8-7-26-3/h5-6,9,19H,7-8,10-11,24H2,1-4H3. The minimum absolute atomic E-state index is 0.0270. The van der Waals surface area contributed by atoms with E-state index in [1.807, 2.05) is 19.9 Å². The highest BCUT2D eigenvalue weighted by Crippen LogP contribution is 2.48.